The fourth-order valence-electron chi connectivity index (χ4n) is 3.26. The van der Waals surface area contributed by atoms with E-state index in [1.165, 1.54) is 6.07 Å². The van der Waals surface area contributed by atoms with E-state index in [0.29, 0.717) is 28.3 Å². The Morgan fingerprint density at radius 1 is 0.939 bits per heavy atom. The molecule has 0 saturated heterocycles. The third kappa shape index (κ3) is 6.55. The molecule has 2 amide bonds. The van der Waals surface area contributed by atoms with Gasteiger partial charge < -0.3 is 20.1 Å². The molecule has 3 rings (SSSR count). The molecule has 0 heterocycles. The van der Waals surface area contributed by atoms with Crippen molar-refractivity contribution in [3.8, 4) is 11.5 Å². The maximum atomic E-state index is 14.1. The van der Waals surface area contributed by atoms with Gasteiger partial charge in [-0.1, -0.05) is 38.1 Å². The lowest BCUT2D eigenvalue weighted by Crippen LogP contribution is -2.37. The second-order valence-corrected chi connectivity index (χ2v) is 8.14. The molecule has 0 atom stereocenters. The van der Waals surface area contributed by atoms with Gasteiger partial charge in [-0.05, 0) is 48.0 Å². The molecule has 2 N–H and O–H groups in total. The summed E-state index contributed by atoms with van der Waals surface area (Å²) in [5, 5.41) is 5.58. The molecule has 33 heavy (non-hydrogen) atoms. The molecule has 0 unspecified atom stereocenters. The summed E-state index contributed by atoms with van der Waals surface area (Å²) in [5.41, 5.74) is 1.02. The highest BCUT2D eigenvalue weighted by Crippen LogP contribution is 2.25. The van der Waals surface area contributed by atoms with Crippen molar-refractivity contribution in [2.45, 2.75) is 19.3 Å². The van der Waals surface area contributed by atoms with Crippen LogP contribution in [0.4, 0.5) is 10.1 Å². The maximum Gasteiger partial charge on any atom is 0.262 e. The SMILES string of the molecule is COc1cccc(NC(=O)COc2ccc(C(=O)NCC(C)(C)c3ccccc3F)cc2)c1. The molecule has 0 radical (unpaired) electrons. The van der Waals surface area contributed by atoms with E-state index < -0.39 is 5.41 Å². The third-order valence-corrected chi connectivity index (χ3v) is 5.13. The van der Waals surface area contributed by atoms with Crippen molar-refractivity contribution in [1.29, 1.82) is 0 Å². The number of carbonyl (C=O) groups excluding carboxylic acids is 2. The van der Waals surface area contributed by atoms with E-state index in [9.17, 15) is 14.0 Å². The molecule has 3 aromatic rings. The minimum absolute atomic E-state index is 0.181. The minimum Gasteiger partial charge on any atom is -0.497 e. The number of amides is 2. The van der Waals surface area contributed by atoms with Crippen molar-refractivity contribution < 1.29 is 23.5 Å². The summed E-state index contributed by atoms with van der Waals surface area (Å²) >= 11 is 0. The van der Waals surface area contributed by atoms with Crippen molar-refractivity contribution in [2.24, 2.45) is 0 Å². The van der Waals surface area contributed by atoms with Gasteiger partial charge in [0.2, 0.25) is 0 Å². The van der Waals surface area contributed by atoms with Crippen molar-refractivity contribution in [2.75, 3.05) is 25.6 Å². The molecule has 0 aromatic heterocycles. The number of methoxy groups -OCH3 is 1. The van der Waals surface area contributed by atoms with Gasteiger partial charge in [0.05, 0.1) is 7.11 Å². The monoisotopic (exact) mass is 450 g/mol. The van der Waals surface area contributed by atoms with E-state index in [-0.39, 0.29) is 30.8 Å². The lowest BCUT2D eigenvalue weighted by molar-refractivity contribution is -0.118. The number of anilines is 1. The van der Waals surface area contributed by atoms with Crippen LogP contribution >= 0.6 is 0 Å². The van der Waals surface area contributed by atoms with Gasteiger partial charge in [-0.2, -0.15) is 0 Å². The normalized spacial score (nSPS) is 10.9. The van der Waals surface area contributed by atoms with Crippen LogP contribution in [-0.2, 0) is 10.2 Å². The fourth-order valence-corrected chi connectivity index (χ4v) is 3.26. The molecule has 0 bridgehead atoms. The number of hydrogen-bond donors (Lipinski definition) is 2. The average Bonchev–Trinajstić information content (AvgIpc) is 2.82. The van der Waals surface area contributed by atoms with Crippen LogP contribution in [-0.4, -0.2) is 32.1 Å². The Balaban J connectivity index is 1.50. The highest BCUT2D eigenvalue weighted by atomic mass is 19.1. The molecule has 0 aliphatic heterocycles. The van der Waals surface area contributed by atoms with Crippen molar-refractivity contribution in [3.05, 3.63) is 89.7 Å². The third-order valence-electron chi connectivity index (χ3n) is 5.13. The topological polar surface area (TPSA) is 76.7 Å². The number of hydrogen-bond acceptors (Lipinski definition) is 4. The Morgan fingerprint density at radius 3 is 2.36 bits per heavy atom. The number of benzene rings is 3. The quantitative estimate of drug-likeness (QED) is 0.501. The number of nitrogens with one attached hydrogen (secondary N) is 2. The first-order valence-corrected chi connectivity index (χ1v) is 10.5. The molecule has 3 aromatic carbocycles. The summed E-state index contributed by atoms with van der Waals surface area (Å²) in [6.07, 6.45) is 0. The summed E-state index contributed by atoms with van der Waals surface area (Å²) in [5.74, 6) is 0.203. The number of carbonyl (C=O) groups is 2. The van der Waals surface area contributed by atoms with E-state index >= 15 is 0 Å². The second-order valence-electron chi connectivity index (χ2n) is 8.14. The first kappa shape index (κ1) is 23.8. The standard InChI is InChI=1S/C26H27FN2O4/c1-26(2,22-9-4-5-10-23(22)27)17-28-25(31)18-11-13-20(14-12-18)33-16-24(30)29-19-7-6-8-21(15-19)32-3/h4-15H,16-17H2,1-3H3,(H,28,31)(H,29,30). The average molecular weight is 451 g/mol. The van der Waals surface area contributed by atoms with Crippen LogP contribution in [0.1, 0.15) is 29.8 Å². The Kier molecular flexibility index (Phi) is 7.66. The summed E-state index contributed by atoms with van der Waals surface area (Å²) < 4.78 is 24.7. The van der Waals surface area contributed by atoms with E-state index in [0.717, 1.165) is 0 Å². The Bertz CT molecular complexity index is 1110. The predicted octanol–water partition coefficient (Wildman–Crippen LogP) is 4.56. The van der Waals surface area contributed by atoms with Crippen LogP contribution in [0, 0.1) is 5.82 Å². The summed E-state index contributed by atoms with van der Waals surface area (Å²) in [4.78, 5) is 24.6. The molecular formula is C26H27FN2O4. The van der Waals surface area contributed by atoms with Gasteiger partial charge in [0, 0.05) is 29.3 Å². The van der Waals surface area contributed by atoms with Crippen LogP contribution in [0.15, 0.2) is 72.8 Å². The maximum absolute atomic E-state index is 14.1. The van der Waals surface area contributed by atoms with Crippen LogP contribution < -0.4 is 20.1 Å². The second kappa shape index (κ2) is 10.6. The van der Waals surface area contributed by atoms with Crippen LogP contribution in [0.25, 0.3) is 0 Å². The minimum atomic E-state index is -0.569. The number of ether oxygens (including phenoxy) is 2. The molecule has 0 aliphatic carbocycles. The largest absolute Gasteiger partial charge is 0.497 e. The first-order valence-electron chi connectivity index (χ1n) is 10.5. The highest BCUT2D eigenvalue weighted by molar-refractivity contribution is 5.94. The highest BCUT2D eigenvalue weighted by Gasteiger charge is 2.24. The lowest BCUT2D eigenvalue weighted by atomic mass is 9.84. The first-order chi connectivity index (χ1) is 15.8. The molecule has 0 fully saturated rings. The molecule has 7 heteroatoms. The van der Waals surface area contributed by atoms with Gasteiger partial charge in [-0.3, -0.25) is 9.59 Å². The van der Waals surface area contributed by atoms with E-state index in [1.54, 1.807) is 73.8 Å². The van der Waals surface area contributed by atoms with Crippen LogP contribution in [0.3, 0.4) is 0 Å². The summed E-state index contributed by atoms with van der Waals surface area (Å²) in [6.45, 7) is 3.84. The van der Waals surface area contributed by atoms with Crippen molar-refractivity contribution in [1.82, 2.24) is 5.32 Å². The van der Waals surface area contributed by atoms with Gasteiger partial charge in [-0.15, -0.1) is 0 Å². The summed E-state index contributed by atoms with van der Waals surface area (Å²) in [7, 11) is 1.55. The molecule has 6 nitrogen and oxygen atoms in total. The van der Waals surface area contributed by atoms with Crippen molar-refractivity contribution in [3.63, 3.8) is 0 Å². The van der Waals surface area contributed by atoms with Gasteiger partial charge in [-0.25, -0.2) is 4.39 Å². The molecule has 0 aliphatic rings. The van der Waals surface area contributed by atoms with E-state index in [2.05, 4.69) is 10.6 Å². The Labute approximate surface area is 192 Å². The van der Waals surface area contributed by atoms with Crippen LogP contribution in [0.2, 0.25) is 0 Å². The van der Waals surface area contributed by atoms with Gasteiger partial charge in [0.25, 0.3) is 11.8 Å². The number of halogens is 1. The van der Waals surface area contributed by atoms with Gasteiger partial charge in [0.15, 0.2) is 6.61 Å². The predicted molar refractivity (Wildman–Crippen MR) is 125 cm³/mol. The Morgan fingerprint density at radius 2 is 1.67 bits per heavy atom. The molecule has 172 valence electrons. The van der Waals surface area contributed by atoms with E-state index in [1.807, 2.05) is 13.8 Å². The number of rotatable bonds is 9. The Hall–Kier alpha value is -3.87. The lowest BCUT2D eigenvalue weighted by Gasteiger charge is -2.26. The molecule has 0 saturated carbocycles. The smallest absolute Gasteiger partial charge is 0.262 e. The molecular weight excluding hydrogens is 423 g/mol. The van der Waals surface area contributed by atoms with E-state index in [4.69, 9.17) is 9.47 Å². The van der Waals surface area contributed by atoms with Gasteiger partial charge >= 0.3 is 0 Å². The summed E-state index contributed by atoms with van der Waals surface area (Å²) in [6, 6.07) is 20.0. The van der Waals surface area contributed by atoms with Crippen molar-refractivity contribution >= 4 is 17.5 Å². The zero-order chi connectivity index (χ0) is 23.8. The fraction of sp³-hybridized carbons (Fsp3) is 0.231. The van der Waals surface area contributed by atoms with Gasteiger partial charge in [0.1, 0.15) is 17.3 Å². The molecule has 0 spiro atoms. The zero-order valence-electron chi connectivity index (χ0n) is 18.9. The zero-order valence-corrected chi connectivity index (χ0v) is 18.9. The van der Waals surface area contributed by atoms with Crippen LogP contribution in [0.5, 0.6) is 11.5 Å².